The van der Waals surface area contributed by atoms with Gasteiger partial charge in [0.1, 0.15) is 103 Å². The Morgan fingerprint density at radius 2 is 0.815 bits per heavy atom. The van der Waals surface area contributed by atoms with Gasteiger partial charge in [-0.05, 0) is 170 Å². The number of aromatic nitrogens is 6. The van der Waals surface area contributed by atoms with Gasteiger partial charge in [-0.3, -0.25) is 27.6 Å². The average Bonchev–Trinajstić information content (AvgIpc) is 1.45. The van der Waals surface area contributed by atoms with E-state index in [2.05, 4.69) is 25.0 Å². The molecular weight excluding hydrogens is 1440 g/mol. The molecule has 16 rings (SSSR count). The second kappa shape index (κ2) is 32.2. The molecule has 7 fully saturated rings. The predicted octanol–water partition coefficient (Wildman–Crippen LogP) is 17.3. The molecule has 9 aromatic rings. The van der Waals surface area contributed by atoms with Gasteiger partial charge in [0.2, 0.25) is 0 Å². The van der Waals surface area contributed by atoms with Crippen molar-refractivity contribution in [1.82, 2.24) is 38.4 Å². The summed E-state index contributed by atoms with van der Waals surface area (Å²) in [6, 6.07) is 20.4. The van der Waals surface area contributed by atoms with Gasteiger partial charge in [0, 0.05) is 110 Å². The lowest BCUT2D eigenvalue weighted by molar-refractivity contribution is -0.0509. The van der Waals surface area contributed by atoms with Gasteiger partial charge < -0.3 is 52.8 Å². The van der Waals surface area contributed by atoms with Gasteiger partial charge >= 0.3 is 25.9 Å². The van der Waals surface area contributed by atoms with E-state index in [-0.39, 0.29) is 136 Å². The Balaban J connectivity index is 0.000000145. The van der Waals surface area contributed by atoms with E-state index in [1.165, 1.54) is 76.9 Å². The number of fused-ring (bicyclic) bond motifs is 7. The van der Waals surface area contributed by atoms with Crippen LogP contribution in [0, 0.1) is 23.6 Å². The minimum Gasteiger partial charge on any atom is -0.496 e. The number of halogens is 8. The third-order valence-electron chi connectivity index (χ3n) is 20.5. The number of nitrogens with zero attached hydrogens (tertiary/aromatic N) is 7. The van der Waals surface area contributed by atoms with Gasteiger partial charge in [0.15, 0.2) is 17.3 Å². The van der Waals surface area contributed by atoms with Crippen molar-refractivity contribution in [3.8, 4) is 79.8 Å². The number of carbonyl (C=O) groups excluding carboxylic acids is 4. The summed E-state index contributed by atoms with van der Waals surface area (Å²) < 4.78 is 147. The number of pyridine rings is 3. The van der Waals surface area contributed by atoms with Crippen LogP contribution in [-0.4, -0.2) is 140 Å². The fraction of sp³-hybridized carbons (Fsp3) is 0.456. The van der Waals surface area contributed by atoms with Crippen LogP contribution in [0.15, 0.2) is 110 Å². The van der Waals surface area contributed by atoms with Gasteiger partial charge in [-0.25, -0.2) is 24.1 Å². The largest absolute Gasteiger partial charge is 0.496 e. The number of ether oxygens (including phenoxy) is 9. The second-order valence-corrected chi connectivity index (χ2v) is 29.5. The molecule has 1 amide bonds. The summed E-state index contributed by atoms with van der Waals surface area (Å²) >= 11 is 0. The van der Waals surface area contributed by atoms with Gasteiger partial charge in [-0.2, -0.15) is 26.3 Å². The van der Waals surface area contributed by atoms with Crippen LogP contribution in [0.4, 0.5) is 35.5 Å². The van der Waals surface area contributed by atoms with Crippen molar-refractivity contribution in [1.29, 1.82) is 0 Å². The number of nitrogens with one attached hydrogen (secondary N) is 1. The lowest BCUT2D eigenvalue weighted by atomic mass is 10.00. The Morgan fingerprint density at radius 3 is 1.16 bits per heavy atom. The first-order chi connectivity index (χ1) is 51.4. The summed E-state index contributed by atoms with van der Waals surface area (Å²) in [6.07, 6.45) is 24.1. The molecular formula is C79H84ClF7N8O13. The molecule has 6 atom stereocenters. The monoisotopic (exact) mass is 1520 g/mol. The third kappa shape index (κ3) is 17.6. The molecule has 29 heteroatoms. The molecule has 0 radical (unpaired) electrons. The number of amides is 1. The zero-order valence-corrected chi connectivity index (χ0v) is 61.1. The number of ketones is 3. The number of methoxy groups -OCH3 is 3. The van der Waals surface area contributed by atoms with Crippen molar-refractivity contribution in [2.24, 2.45) is 17.8 Å². The first kappa shape index (κ1) is 76.4. The Hall–Kier alpha value is -9.83. The zero-order valence-electron chi connectivity index (χ0n) is 60.3. The highest BCUT2D eigenvalue weighted by atomic mass is 35.5. The molecule has 574 valence electrons. The van der Waals surface area contributed by atoms with Gasteiger partial charge in [0.25, 0.3) is 0 Å². The number of rotatable bonds is 25. The fourth-order valence-electron chi connectivity index (χ4n) is 15.1. The van der Waals surface area contributed by atoms with E-state index in [1.807, 2.05) is 71.1 Å². The van der Waals surface area contributed by atoms with Crippen LogP contribution >= 0.6 is 12.4 Å². The van der Waals surface area contributed by atoms with Crippen LogP contribution in [-0.2, 0) is 4.74 Å². The van der Waals surface area contributed by atoms with Crippen LogP contribution < -0.4 is 43.2 Å². The summed E-state index contributed by atoms with van der Waals surface area (Å²) in [4.78, 5) is 66.4. The topological polar surface area (TPSA) is 219 Å². The van der Waals surface area contributed by atoms with Crippen LogP contribution in [0.1, 0.15) is 161 Å². The van der Waals surface area contributed by atoms with Gasteiger partial charge in [0.05, 0.1) is 57.0 Å². The van der Waals surface area contributed by atoms with E-state index in [1.54, 1.807) is 35.0 Å². The number of hydrogen-bond acceptors (Lipinski definition) is 17. The third-order valence-corrected chi connectivity index (χ3v) is 20.5. The van der Waals surface area contributed by atoms with Crippen LogP contribution in [0.3, 0.4) is 0 Å². The number of piperidine rings is 2. The average molecular weight is 1520 g/mol. The van der Waals surface area contributed by atoms with E-state index >= 15 is 0 Å². The first-order valence-corrected chi connectivity index (χ1v) is 36.2. The summed E-state index contributed by atoms with van der Waals surface area (Å²) in [5.41, 5.74) is 4.53. The summed E-state index contributed by atoms with van der Waals surface area (Å²) in [5, 5.41) is 3.62. The van der Waals surface area contributed by atoms with E-state index in [4.69, 9.17) is 37.9 Å². The minimum absolute atomic E-state index is 0. The fourth-order valence-corrected chi connectivity index (χ4v) is 15.1. The molecule has 3 saturated carbocycles. The summed E-state index contributed by atoms with van der Waals surface area (Å²) in [7, 11) is 4.19. The highest BCUT2D eigenvalue weighted by molar-refractivity contribution is 6.04. The highest BCUT2D eigenvalue weighted by Gasteiger charge is 2.46. The van der Waals surface area contributed by atoms with Crippen molar-refractivity contribution in [3.63, 3.8) is 0 Å². The van der Waals surface area contributed by atoms with Gasteiger partial charge in [-0.15, -0.1) is 12.4 Å². The quantitative estimate of drug-likeness (QED) is 0.0415. The Kier molecular flexibility index (Phi) is 22.7. The number of Topliss-reactive ketones (excluding diaryl/α,β-unsaturated/α-hetero) is 3. The molecule has 21 nitrogen and oxygen atoms in total. The molecule has 3 aliphatic carbocycles. The number of hydrogen-bond donors (Lipinski definition) is 1. The predicted molar refractivity (Wildman–Crippen MR) is 386 cm³/mol. The van der Waals surface area contributed by atoms with E-state index < -0.39 is 31.3 Å². The molecule has 4 aliphatic heterocycles. The maximum atomic E-state index is 13.4. The van der Waals surface area contributed by atoms with Crippen molar-refractivity contribution in [2.75, 3.05) is 21.3 Å². The molecule has 2 unspecified atom stereocenters. The Labute approximate surface area is 624 Å². The molecule has 4 bridgehead atoms. The zero-order chi connectivity index (χ0) is 75.1. The SMILES string of the molecule is COc1cc(-c2cnc3cc(F)ccn23)cc(OC(F)F)c1C(=O)CC1CC1.COc1cc(-c2cnc3cc(OC4C[C@H]5CC[C@@H](C4)N5)ccn23)cc(OC(F)F)c1C(=O)CC1CC1.COc1cc(-c2cnc3cc(OC4C[C@H]5CC[C@@H](C4)N5C(=O)OC(C)(C)C)ccn23)cc(OC(F)F)c1C(=O)CC1CC1.Cl. The normalized spacial score (nSPS) is 20.0. The van der Waals surface area contributed by atoms with Crippen molar-refractivity contribution >= 4 is 52.8 Å². The molecule has 4 saturated heterocycles. The summed E-state index contributed by atoms with van der Waals surface area (Å²) in [6.45, 7) is -3.64. The van der Waals surface area contributed by atoms with Crippen molar-refractivity contribution < 1.29 is 92.5 Å². The molecule has 108 heavy (non-hydrogen) atoms. The molecule has 6 aromatic heterocycles. The summed E-state index contributed by atoms with van der Waals surface area (Å²) in [5.74, 6) is 0.930. The molecule has 1 N–H and O–H groups in total. The first-order valence-electron chi connectivity index (χ1n) is 36.2. The highest BCUT2D eigenvalue weighted by Crippen LogP contribution is 2.46. The van der Waals surface area contributed by atoms with Crippen molar-refractivity contribution in [2.45, 2.75) is 192 Å². The number of imidazole rings is 3. The number of benzene rings is 3. The second-order valence-electron chi connectivity index (χ2n) is 29.5. The van der Waals surface area contributed by atoms with Crippen LogP contribution in [0.5, 0.6) is 46.0 Å². The lowest BCUT2D eigenvalue weighted by Gasteiger charge is -2.39. The maximum Gasteiger partial charge on any atom is 0.410 e. The maximum absolute atomic E-state index is 13.4. The van der Waals surface area contributed by atoms with E-state index in [9.17, 15) is 49.9 Å². The molecule has 10 heterocycles. The number of carbonyl (C=O) groups is 4. The van der Waals surface area contributed by atoms with Crippen LogP contribution in [0.2, 0.25) is 0 Å². The van der Waals surface area contributed by atoms with E-state index in [0.717, 1.165) is 82.8 Å². The van der Waals surface area contributed by atoms with Gasteiger partial charge in [-0.1, -0.05) is 0 Å². The Bertz CT molecular complexity index is 4780. The lowest BCUT2D eigenvalue weighted by Crippen LogP contribution is -2.50. The molecule has 3 aromatic carbocycles. The molecule has 7 aliphatic rings. The smallest absolute Gasteiger partial charge is 0.410 e. The minimum atomic E-state index is -3.10. The van der Waals surface area contributed by atoms with Crippen LogP contribution in [0.25, 0.3) is 50.7 Å². The molecule has 0 spiro atoms. The number of alkyl halides is 6. The Morgan fingerprint density at radius 1 is 0.472 bits per heavy atom. The van der Waals surface area contributed by atoms with E-state index in [0.29, 0.717) is 80.9 Å². The standard InChI is InChI=1S/C32H37F2N3O6.C27H29F2N3O4.C20H17F3N2O3.ClH/c1-32(2,3)43-31(39)37-20-7-8-21(37)15-23(14-20)41-22-9-10-36-24(17-35-28(36)16-22)19-12-26(40-4)29(25(38)11-18-5-6-18)27(13-19)42-30(33)34;1-34-23-9-16(10-24(36-27(28)29)26(23)22(33)8-15-2-3-15)21-14-30-25-13-19(6-7-32(21)25)35-20-11-17-4-5-18(12-20)31-17;1-27-16-7-12(14-10-24-18-9-13(21)4-5-25(14)18)8-17(28-20(22)23)19(16)15(26)6-11-2-3-11;/h9-10,12-13,16-18,20-21,23,30H,5-8,11,14-15H2,1-4H3;6-7,9-10,13-15,17-18,20,27,31H,2-5,8,11-12H2,1H3;4-5,7-11,20H,2-3,6H2,1H3;1H/t20-,21+,23?;17-,18+,20?;;. The van der Waals surface area contributed by atoms with Crippen molar-refractivity contribution in [3.05, 3.63) is 132 Å².